The van der Waals surface area contributed by atoms with Crippen molar-refractivity contribution in [2.45, 2.75) is 18.4 Å². The number of anilines is 2. The Labute approximate surface area is 212 Å². The summed E-state index contributed by atoms with van der Waals surface area (Å²) in [5.74, 6) is -0.195. The van der Waals surface area contributed by atoms with Gasteiger partial charge >= 0.3 is 0 Å². The van der Waals surface area contributed by atoms with Crippen LogP contribution in [0.2, 0.25) is 0 Å². The number of nitrogen functional groups attached to an aromatic ring is 1. The molecule has 0 bridgehead atoms. The predicted molar refractivity (Wildman–Crippen MR) is 142 cm³/mol. The zero-order chi connectivity index (χ0) is 26.1. The van der Waals surface area contributed by atoms with E-state index in [-0.39, 0.29) is 22.0 Å². The third kappa shape index (κ3) is 6.13. The van der Waals surface area contributed by atoms with E-state index in [1.165, 1.54) is 12.1 Å². The van der Waals surface area contributed by atoms with Crippen molar-refractivity contribution in [1.29, 1.82) is 0 Å². The molecule has 1 fully saturated rings. The fourth-order valence-electron chi connectivity index (χ4n) is 4.19. The number of sulfone groups is 2. The van der Waals surface area contributed by atoms with Crippen LogP contribution in [0.25, 0.3) is 11.1 Å². The van der Waals surface area contributed by atoms with Crippen molar-refractivity contribution < 1.29 is 21.6 Å². The van der Waals surface area contributed by atoms with Crippen molar-refractivity contribution in [3.63, 3.8) is 0 Å². The smallest absolute Gasteiger partial charge is 0.256 e. The highest BCUT2D eigenvalue weighted by atomic mass is 32.2. The van der Waals surface area contributed by atoms with Gasteiger partial charge in [-0.2, -0.15) is 0 Å². The molecule has 1 aliphatic heterocycles. The van der Waals surface area contributed by atoms with Gasteiger partial charge in [-0.1, -0.05) is 24.3 Å². The molecule has 36 heavy (non-hydrogen) atoms. The van der Waals surface area contributed by atoms with Gasteiger partial charge in [0.2, 0.25) is 0 Å². The molecule has 3 aromatic rings. The Morgan fingerprint density at radius 1 is 1.00 bits per heavy atom. The van der Waals surface area contributed by atoms with Crippen LogP contribution in [0, 0.1) is 6.92 Å². The van der Waals surface area contributed by atoms with E-state index in [2.05, 4.69) is 10.2 Å². The zero-order valence-electron chi connectivity index (χ0n) is 20.2. The number of hydrogen-bond donors (Lipinski definition) is 2. The molecule has 0 atom stereocenters. The summed E-state index contributed by atoms with van der Waals surface area (Å²) in [5.41, 5.74) is 10.5. The monoisotopic (exact) mass is 527 g/mol. The maximum absolute atomic E-state index is 13.1. The van der Waals surface area contributed by atoms with Crippen molar-refractivity contribution in [1.82, 2.24) is 4.90 Å². The van der Waals surface area contributed by atoms with Gasteiger partial charge < -0.3 is 11.1 Å². The average molecular weight is 528 g/mol. The molecule has 0 radical (unpaired) electrons. The van der Waals surface area contributed by atoms with Crippen LogP contribution in [-0.4, -0.2) is 58.5 Å². The number of nitrogens with zero attached hydrogens (tertiary/aromatic N) is 1. The SMILES string of the molecule is Cc1ccc(N)cc1-c1ccc(C(=O)Nc2ccc(CN3CCS(=O)(=O)CC3)cc2)c(S(C)(=O)=O)c1. The third-order valence-electron chi connectivity index (χ3n) is 6.25. The number of nitrogens with two attached hydrogens (primary N) is 1. The first-order valence-electron chi connectivity index (χ1n) is 11.4. The molecular formula is C26H29N3O5S2. The fourth-order valence-corrected chi connectivity index (χ4v) is 6.37. The van der Waals surface area contributed by atoms with Crippen molar-refractivity contribution in [3.05, 3.63) is 77.4 Å². The zero-order valence-corrected chi connectivity index (χ0v) is 21.8. The molecule has 1 saturated heterocycles. The summed E-state index contributed by atoms with van der Waals surface area (Å²) in [6, 6.07) is 17.4. The van der Waals surface area contributed by atoms with Crippen LogP contribution in [0.4, 0.5) is 11.4 Å². The lowest BCUT2D eigenvalue weighted by atomic mass is 9.98. The predicted octanol–water partition coefficient (Wildman–Crippen LogP) is 3.13. The Balaban J connectivity index is 1.52. The summed E-state index contributed by atoms with van der Waals surface area (Å²) in [4.78, 5) is 15.1. The maximum Gasteiger partial charge on any atom is 0.256 e. The van der Waals surface area contributed by atoms with Crippen LogP contribution in [0.5, 0.6) is 0 Å². The molecule has 0 aromatic heterocycles. The normalized spacial score (nSPS) is 15.9. The standard InChI is InChI=1S/C26H29N3O5S2/c1-18-3-7-21(27)16-24(18)20-6-10-23(25(15-20)35(2,31)32)26(30)28-22-8-4-19(5-9-22)17-29-11-13-36(33,34)14-12-29/h3-10,15-16H,11-14,17,27H2,1-2H3,(H,28,30). The molecule has 10 heteroatoms. The molecule has 0 spiro atoms. The van der Waals surface area contributed by atoms with E-state index in [0.717, 1.165) is 22.9 Å². The Bertz CT molecular complexity index is 1500. The molecule has 0 saturated carbocycles. The molecule has 190 valence electrons. The maximum atomic E-state index is 13.1. The van der Waals surface area contributed by atoms with E-state index in [1.54, 1.807) is 30.3 Å². The lowest BCUT2D eigenvalue weighted by Gasteiger charge is -2.26. The summed E-state index contributed by atoms with van der Waals surface area (Å²) in [7, 11) is -6.63. The number of rotatable bonds is 6. The van der Waals surface area contributed by atoms with Gasteiger partial charge in [0.05, 0.1) is 22.0 Å². The second-order valence-corrected chi connectivity index (χ2v) is 13.4. The number of carbonyl (C=O) groups excluding carboxylic acids is 1. The number of nitrogens with one attached hydrogen (secondary N) is 1. The lowest BCUT2D eigenvalue weighted by molar-refractivity contribution is 0.102. The first kappa shape index (κ1) is 25.9. The highest BCUT2D eigenvalue weighted by molar-refractivity contribution is 7.91. The quantitative estimate of drug-likeness (QED) is 0.472. The van der Waals surface area contributed by atoms with Crippen LogP contribution in [0.15, 0.2) is 65.6 Å². The summed E-state index contributed by atoms with van der Waals surface area (Å²) in [6.45, 7) is 3.53. The van der Waals surface area contributed by atoms with Gasteiger partial charge in [-0.15, -0.1) is 0 Å². The van der Waals surface area contributed by atoms with E-state index in [0.29, 0.717) is 36.6 Å². The Hall–Kier alpha value is -3.21. The van der Waals surface area contributed by atoms with Crippen molar-refractivity contribution >= 4 is 37.0 Å². The van der Waals surface area contributed by atoms with Crippen molar-refractivity contribution in [2.75, 3.05) is 41.9 Å². The second-order valence-electron chi connectivity index (χ2n) is 9.14. The molecule has 1 heterocycles. The molecular weight excluding hydrogens is 498 g/mol. The van der Waals surface area contributed by atoms with Crippen molar-refractivity contribution in [3.8, 4) is 11.1 Å². The largest absolute Gasteiger partial charge is 0.399 e. The lowest BCUT2D eigenvalue weighted by Crippen LogP contribution is -2.39. The van der Waals surface area contributed by atoms with Gasteiger partial charge in [0, 0.05) is 37.3 Å². The second kappa shape index (κ2) is 10.0. The molecule has 0 aliphatic carbocycles. The fraction of sp³-hybridized carbons (Fsp3) is 0.269. The van der Waals surface area contributed by atoms with Crippen LogP contribution in [-0.2, 0) is 26.2 Å². The number of aryl methyl sites for hydroxylation is 1. The molecule has 4 rings (SSSR count). The minimum absolute atomic E-state index is 0.0569. The third-order valence-corrected chi connectivity index (χ3v) is 9.00. The van der Waals surface area contributed by atoms with Crippen molar-refractivity contribution in [2.24, 2.45) is 0 Å². The first-order chi connectivity index (χ1) is 16.9. The topological polar surface area (TPSA) is 127 Å². The number of benzene rings is 3. The summed E-state index contributed by atoms with van der Waals surface area (Å²) < 4.78 is 48.4. The van der Waals surface area contributed by atoms with E-state index < -0.39 is 25.6 Å². The van der Waals surface area contributed by atoms with Crippen LogP contribution >= 0.6 is 0 Å². The molecule has 1 amide bonds. The number of amides is 1. The molecule has 8 nitrogen and oxygen atoms in total. The summed E-state index contributed by atoms with van der Waals surface area (Å²) in [6.07, 6.45) is 1.08. The minimum Gasteiger partial charge on any atom is -0.399 e. The summed E-state index contributed by atoms with van der Waals surface area (Å²) >= 11 is 0. The van der Waals surface area contributed by atoms with Gasteiger partial charge in [0.1, 0.15) is 0 Å². The Kier molecular flexibility index (Phi) is 7.21. The first-order valence-corrected chi connectivity index (χ1v) is 15.2. The van der Waals surface area contributed by atoms with Gasteiger partial charge in [0.25, 0.3) is 5.91 Å². The molecule has 0 unspecified atom stereocenters. The number of hydrogen-bond acceptors (Lipinski definition) is 7. The highest BCUT2D eigenvalue weighted by Gasteiger charge is 2.22. The van der Waals surface area contributed by atoms with Crippen LogP contribution in [0.1, 0.15) is 21.5 Å². The van der Waals surface area contributed by atoms with Crippen LogP contribution in [0.3, 0.4) is 0 Å². The minimum atomic E-state index is -3.70. The van der Waals surface area contributed by atoms with Crippen LogP contribution < -0.4 is 11.1 Å². The van der Waals surface area contributed by atoms with Gasteiger partial charge in [-0.05, 0) is 65.6 Å². The van der Waals surface area contributed by atoms with E-state index in [9.17, 15) is 21.6 Å². The molecule has 3 N–H and O–H groups in total. The summed E-state index contributed by atoms with van der Waals surface area (Å²) in [5, 5.41) is 2.78. The van der Waals surface area contributed by atoms with E-state index >= 15 is 0 Å². The Morgan fingerprint density at radius 3 is 2.31 bits per heavy atom. The van der Waals surface area contributed by atoms with Gasteiger partial charge in [-0.25, -0.2) is 16.8 Å². The van der Waals surface area contributed by atoms with Gasteiger partial charge in [-0.3, -0.25) is 9.69 Å². The molecule has 3 aromatic carbocycles. The molecule has 1 aliphatic rings. The number of carbonyl (C=O) groups is 1. The van der Waals surface area contributed by atoms with E-state index in [1.807, 2.05) is 25.1 Å². The highest BCUT2D eigenvalue weighted by Crippen LogP contribution is 2.30. The van der Waals surface area contributed by atoms with E-state index in [4.69, 9.17) is 5.73 Å². The Morgan fingerprint density at radius 2 is 1.67 bits per heavy atom. The van der Waals surface area contributed by atoms with Gasteiger partial charge in [0.15, 0.2) is 19.7 Å². The average Bonchev–Trinajstić information content (AvgIpc) is 2.82.